The van der Waals surface area contributed by atoms with Crippen LogP contribution < -0.4 is 0 Å². The molecule has 1 rings (SSSR count). The maximum atomic E-state index is 5.32. The van der Waals surface area contributed by atoms with E-state index in [0.717, 1.165) is 37.7 Å². The zero-order valence-corrected chi connectivity index (χ0v) is 8.69. The van der Waals surface area contributed by atoms with Crippen molar-refractivity contribution in [3.8, 4) is 0 Å². The second-order valence-electron chi connectivity index (χ2n) is 3.59. The van der Waals surface area contributed by atoms with Crippen LogP contribution in [0.3, 0.4) is 0 Å². The predicted octanol–water partition coefficient (Wildman–Crippen LogP) is 1.69. The minimum atomic E-state index is 0.667. The molecular formula is C9H17NOS. The number of ether oxygens (including phenoxy) is 1. The van der Waals surface area contributed by atoms with Crippen LogP contribution in [0.1, 0.15) is 20.3 Å². The lowest BCUT2D eigenvalue weighted by molar-refractivity contribution is 0.0680. The number of hydrogen-bond acceptors (Lipinski definition) is 2. The summed E-state index contributed by atoms with van der Waals surface area (Å²) in [5.41, 5.74) is 0. The first-order chi connectivity index (χ1) is 5.70. The second kappa shape index (κ2) is 4.77. The Balaban J connectivity index is 2.30. The maximum Gasteiger partial charge on any atom is 0.0783 e. The van der Waals surface area contributed by atoms with Crippen molar-refractivity contribution in [2.75, 3.05) is 26.3 Å². The van der Waals surface area contributed by atoms with Gasteiger partial charge in [0, 0.05) is 19.5 Å². The fourth-order valence-corrected chi connectivity index (χ4v) is 1.81. The van der Waals surface area contributed by atoms with Crippen molar-refractivity contribution in [2.24, 2.45) is 5.92 Å². The molecular weight excluding hydrogens is 170 g/mol. The fraction of sp³-hybridized carbons (Fsp3) is 0.889. The molecule has 0 aromatic carbocycles. The number of hydrogen-bond donors (Lipinski definition) is 0. The summed E-state index contributed by atoms with van der Waals surface area (Å²) in [4.78, 5) is 3.37. The highest BCUT2D eigenvalue weighted by Crippen LogP contribution is 2.07. The molecule has 0 N–H and O–H groups in total. The molecule has 1 saturated heterocycles. The van der Waals surface area contributed by atoms with Crippen LogP contribution in [0.5, 0.6) is 0 Å². The molecule has 0 aromatic rings. The Hall–Kier alpha value is -0.150. The van der Waals surface area contributed by atoms with Gasteiger partial charge >= 0.3 is 0 Å². The van der Waals surface area contributed by atoms with E-state index in [2.05, 4.69) is 18.7 Å². The Morgan fingerprint density at radius 1 is 1.42 bits per heavy atom. The van der Waals surface area contributed by atoms with Crippen LogP contribution in [0.25, 0.3) is 0 Å². The summed E-state index contributed by atoms with van der Waals surface area (Å²) in [6, 6.07) is 0. The number of morpholine rings is 1. The Morgan fingerprint density at radius 2 is 2.00 bits per heavy atom. The summed E-state index contributed by atoms with van der Waals surface area (Å²) in [6.45, 7) is 8.02. The van der Waals surface area contributed by atoms with Gasteiger partial charge in [-0.1, -0.05) is 26.1 Å². The summed E-state index contributed by atoms with van der Waals surface area (Å²) in [6.07, 6.45) is 1.04. The normalized spacial score (nSPS) is 18.4. The fourth-order valence-electron chi connectivity index (χ4n) is 1.29. The van der Waals surface area contributed by atoms with E-state index in [4.69, 9.17) is 17.0 Å². The lowest BCUT2D eigenvalue weighted by atomic mass is 10.1. The van der Waals surface area contributed by atoms with Crippen LogP contribution in [-0.2, 0) is 4.74 Å². The standard InChI is InChI=1S/C9H17NOS/c1-8(2)7-9(12)10-3-5-11-6-4-10/h8H,3-7H2,1-2H3. The molecule has 0 saturated carbocycles. The van der Waals surface area contributed by atoms with Gasteiger partial charge in [-0.15, -0.1) is 0 Å². The van der Waals surface area contributed by atoms with Crippen molar-refractivity contribution in [3.63, 3.8) is 0 Å². The van der Waals surface area contributed by atoms with E-state index in [1.807, 2.05) is 0 Å². The molecule has 70 valence electrons. The van der Waals surface area contributed by atoms with Crippen molar-refractivity contribution >= 4 is 17.2 Å². The van der Waals surface area contributed by atoms with Gasteiger partial charge in [0.05, 0.1) is 18.2 Å². The Morgan fingerprint density at radius 3 is 2.50 bits per heavy atom. The molecule has 12 heavy (non-hydrogen) atoms. The van der Waals surface area contributed by atoms with E-state index in [0.29, 0.717) is 5.92 Å². The molecule has 0 aliphatic carbocycles. The molecule has 1 fully saturated rings. The van der Waals surface area contributed by atoms with E-state index < -0.39 is 0 Å². The number of nitrogens with zero attached hydrogens (tertiary/aromatic N) is 1. The van der Waals surface area contributed by atoms with Crippen molar-refractivity contribution in [2.45, 2.75) is 20.3 Å². The van der Waals surface area contributed by atoms with Crippen LogP contribution in [0.15, 0.2) is 0 Å². The van der Waals surface area contributed by atoms with Crippen LogP contribution in [-0.4, -0.2) is 36.2 Å². The van der Waals surface area contributed by atoms with Gasteiger partial charge in [-0.05, 0) is 5.92 Å². The molecule has 3 heteroatoms. The molecule has 0 unspecified atom stereocenters. The topological polar surface area (TPSA) is 12.5 Å². The first-order valence-electron chi connectivity index (χ1n) is 4.55. The predicted molar refractivity (Wildman–Crippen MR) is 54.4 cm³/mol. The third-order valence-electron chi connectivity index (χ3n) is 1.95. The van der Waals surface area contributed by atoms with Crippen molar-refractivity contribution in [1.29, 1.82) is 0 Å². The molecule has 0 aromatic heterocycles. The van der Waals surface area contributed by atoms with Crippen LogP contribution in [0, 0.1) is 5.92 Å². The summed E-state index contributed by atoms with van der Waals surface area (Å²) in [5.74, 6) is 0.667. The minimum absolute atomic E-state index is 0.667. The minimum Gasteiger partial charge on any atom is -0.378 e. The molecule has 1 heterocycles. The average molecular weight is 187 g/mol. The first-order valence-corrected chi connectivity index (χ1v) is 4.96. The molecule has 1 aliphatic heterocycles. The zero-order valence-electron chi connectivity index (χ0n) is 7.88. The van der Waals surface area contributed by atoms with E-state index >= 15 is 0 Å². The van der Waals surface area contributed by atoms with Gasteiger partial charge in [-0.25, -0.2) is 0 Å². The molecule has 1 aliphatic rings. The summed E-state index contributed by atoms with van der Waals surface area (Å²) in [5, 5.41) is 0. The molecule has 0 radical (unpaired) electrons. The number of thiocarbonyl (C=S) groups is 1. The lowest BCUT2D eigenvalue weighted by Gasteiger charge is -2.29. The molecule has 0 spiro atoms. The van der Waals surface area contributed by atoms with Crippen molar-refractivity contribution in [3.05, 3.63) is 0 Å². The van der Waals surface area contributed by atoms with E-state index in [9.17, 15) is 0 Å². The first kappa shape index (κ1) is 9.93. The van der Waals surface area contributed by atoms with Gasteiger partial charge in [0.2, 0.25) is 0 Å². The molecule has 0 bridgehead atoms. The summed E-state index contributed by atoms with van der Waals surface area (Å²) >= 11 is 5.32. The van der Waals surface area contributed by atoms with Crippen LogP contribution in [0.2, 0.25) is 0 Å². The van der Waals surface area contributed by atoms with Crippen LogP contribution in [0.4, 0.5) is 0 Å². The SMILES string of the molecule is CC(C)CC(=S)N1CCOCC1. The molecule has 2 nitrogen and oxygen atoms in total. The molecule has 0 amide bonds. The summed E-state index contributed by atoms with van der Waals surface area (Å²) in [7, 11) is 0. The maximum absolute atomic E-state index is 5.32. The highest BCUT2D eigenvalue weighted by Gasteiger charge is 2.13. The van der Waals surface area contributed by atoms with E-state index in [1.165, 1.54) is 0 Å². The van der Waals surface area contributed by atoms with Gasteiger partial charge in [0.15, 0.2) is 0 Å². The van der Waals surface area contributed by atoms with E-state index in [-0.39, 0.29) is 0 Å². The molecule has 0 atom stereocenters. The third kappa shape index (κ3) is 3.07. The zero-order chi connectivity index (χ0) is 8.97. The van der Waals surface area contributed by atoms with Crippen molar-refractivity contribution in [1.82, 2.24) is 4.90 Å². The summed E-state index contributed by atoms with van der Waals surface area (Å²) < 4.78 is 5.25. The second-order valence-corrected chi connectivity index (χ2v) is 4.06. The highest BCUT2D eigenvalue weighted by atomic mass is 32.1. The van der Waals surface area contributed by atoms with Gasteiger partial charge in [-0.2, -0.15) is 0 Å². The van der Waals surface area contributed by atoms with Crippen molar-refractivity contribution < 1.29 is 4.74 Å². The quantitative estimate of drug-likeness (QED) is 0.610. The monoisotopic (exact) mass is 187 g/mol. The Labute approximate surface area is 79.9 Å². The average Bonchev–Trinajstić information content (AvgIpc) is 2.05. The van der Waals surface area contributed by atoms with E-state index in [1.54, 1.807) is 0 Å². The van der Waals surface area contributed by atoms with Gasteiger partial charge in [-0.3, -0.25) is 0 Å². The lowest BCUT2D eigenvalue weighted by Crippen LogP contribution is -2.40. The largest absolute Gasteiger partial charge is 0.378 e. The Bertz CT molecular complexity index is 153. The highest BCUT2D eigenvalue weighted by molar-refractivity contribution is 7.80. The van der Waals surface area contributed by atoms with Gasteiger partial charge in [0.1, 0.15) is 0 Å². The van der Waals surface area contributed by atoms with Gasteiger partial charge in [0.25, 0.3) is 0 Å². The smallest absolute Gasteiger partial charge is 0.0783 e. The Kier molecular flexibility index (Phi) is 3.95. The van der Waals surface area contributed by atoms with Crippen LogP contribution >= 0.6 is 12.2 Å². The van der Waals surface area contributed by atoms with Gasteiger partial charge < -0.3 is 9.64 Å². The number of rotatable bonds is 2. The third-order valence-corrected chi connectivity index (χ3v) is 2.37.